The van der Waals surface area contributed by atoms with Crippen LogP contribution < -0.4 is 5.32 Å². The molecule has 1 atom stereocenters. The molecule has 2 heterocycles. The van der Waals surface area contributed by atoms with E-state index in [4.69, 9.17) is 11.6 Å². The molecule has 23 heavy (non-hydrogen) atoms. The molecule has 2 aromatic rings. The van der Waals surface area contributed by atoms with E-state index in [2.05, 4.69) is 34.3 Å². The van der Waals surface area contributed by atoms with Gasteiger partial charge in [-0.3, -0.25) is 9.88 Å². The maximum atomic E-state index is 6.29. The Hall–Kier alpha value is -0.580. The predicted molar refractivity (Wildman–Crippen MR) is 103 cm³/mol. The number of hydrogen-bond donors (Lipinski definition) is 1. The van der Waals surface area contributed by atoms with Gasteiger partial charge >= 0.3 is 0 Å². The van der Waals surface area contributed by atoms with Crippen LogP contribution in [-0.4, -0.2) is 35.6 Å². The van der Waals surface area contributed by atoms with Gasteiger partial charge in [0.15, 0.2) is 0 Å². The minimum absolute atomic E-state index is 0. The summed E-state index contributed by atoms with van der Waals surface area (Å²) in [5.41, 5.74) is 2.31. The van der Waals surface area contributed by atoms with Crippen molar-refractivity contribution in [2.45, 2.75) is 32.4 Å². The maximum Gasteiger partial charge on any atom is 0.0761 e. The Bertz CT molecular complexity index is 615. The molecule has 1 aliphatic heterocycles. The predicted octanol–water partition coefficient (Wildman–Crippen LogP) is 4.31. The van der Waals surface area contributed by atoms with Crippen LogP contribution in [0.3, 0.4) is 0 Å². The quantitative estimate of drug-likeness (QED) is 0.843. The zero-order valence-electron chi connectivity index (χ0n) is 13.3. The molecular weight excluding hydrogens is 353 g/mol. The highest BCUT2D eigenvalue weighted by molar-refractivity contribution is 6.35. The molecule has 0 radical (unpaired) electrons. The first-order chi connectivity index (χ1) is 10.3. The first kappa shape index (κ1) is 20.5. The lowest BCUT2D eigenvalue weighted by molar-refractivity contribution is 0.200. The van der Waals surface area contributed by atoms with E-state index in [0.29, 0.717) is 6.04 Å². The second-order valence-corrected chi connectivity index (χ2v) is 6.13. The van der Waals surface area contributed by atoms with Crippen LogP contribution in [0.4, 0.5) is 0 Å². The molecule has 1 saturated heterocycles. The van der Waals surface area contributed by atoms with Gasteiger partial charge in [-0.15, -0.1) is 24.8 Å². The van der Waals surface area contributed by atoms with E-state index >= 15 is 0 Å². The maximum absolute atomic E-state index is 6.29. The molecule has 1 aromatic carbocycles. The molecule has 1 N–H and O–H groups in total. The molecule has 128 valence electrons. The SMILES string of the molecule is CCCN(Cc1ccc(Cl)c2cccnc12)C1CCNC1.Cl.Cl. The Labute approximate surface area is 155 Å². The summed E-state index contributed by atoms with van der Waals surface area (Å²) in [6.07, 6.45) is 4.26. The van der Waals surface area contributed by atoms with Crippen LogP contribution in [0.2, 0.25) is 5.02 Å². The number of pyridine rings is 1. The number of rotatable bonds is 5. The van der Waals surface area contributed by atoms with Gasteiger partial charge in [-0.1, -0.05) is 24.6 Å². The summed E-state index contributed by atoms with van der Waals surface area (Å²) in [7, 11) is 0. The third-order valence-electron chi connectivity index (χ3n) is 4.23. The summed E-state index contributed by atoms with van der Waals surface area (Å²) < 4.78 is 0. The molecule has 1 aromatic heterocycles. The monoisotopic (exact) mass is 375 g/mol. The van der Waals surface area contributed by atoms with E-state index in [1.54, 1.807) is 0 Å². The van der Waals surface area contributed by atoms with Gasteiger partial charge < -0.3 is 5.32 Å². The fourth-order valence-corrected chi connectivity index (χ4v) is 3.39. The molecule has 0 aliphatic carbocycles. The third-order valence-corrected chi connectivity index (χ3v) is 4.56. The smallest absolute Gasteiger partial charge is 0.0761 e. The molecule has 1 unspecified atom stereocenters. The Morgan fingerprint density at radius 3 is 2.83 bits per heavy atom. The van der Waals surface area contributed by atoms with Gasteiger partial charge in [-0.25, -0.2) is 0 Å². The normalized spacial score (nSPS) is 17.1. The summed E-state index contributed by atoms with van der Waals surface area (Å²) in [6, 6.07) is 8.76. The summed E-state index contributed by atoms with van der Waals surface area (Å²) in [6.45, 7) is 6.55. The highest BCUT2D eigenvalue weighted by Gasteiger charge is 2.22. The van der Waals surface area contributed by atoms with Crippen LogP contribution >= 0.6 is 36.4 Å². The van der Waals surface area contributed by atoms with Crippen molar-refractivity contribution >= 4 is 47.3 Å². The first-order valence-corrected chi connectivity index (χ1v) is 8.14. The average molecular weight is 377 g/mol. The van der Waals surface area contributed by atoms with Crippen molar-refractivity contribution in [1.29, 1.82) is 0 Å². The zero-order chi connectivity index (χ0) is 14.7. The molecule has 0 bridgehead atoms. The van der Waals surface area contributed by atoms with Crippen molar-refractivity contribution in [3.8, 4) is 0 Å². The highest BCUT2D eigenvalue weighted by Crippen LogP contribution is 2.26. The summed E-state index contributed by atoms with van der Waals surface area (Å²) in [5, 5.41) is 5.30. The van der Waals surface area contributed by atoms with Crippen molar-refractivity contribution in [2.24, 2.45) is 0 Å². The fraction of sp³-hybridized carbons (Fsp3) is 0.471. The number of hydrogen-bond acceptors (Lipinski definition) is 3. The number of aromatic nitrogens is 1. The van der Waals surface area contributed by atoms with Crippen molar-refractivity contribution in [3.05, 3.63) is 41.0 Å². The van der Waals surface area contributed by atoms with Crippen LogP contribution in [-0.2, 0) is 6.54 Å². The molecule has 3 rings (SSSR count). The third kappa shape index (κ3) is 4.71. The number of halogens is 3. The van der Waals surface area contributed by atoms with Gasteiger partial charge in [0.2, 0.25) is 0 Å². The molecular formula is C17H24Cl3N3. The topological polar surface area (TPSA) is 28.2 Å². The lowest BCUT2D eigenvalue weighted by atomic mass is 10.1. The average Bonchev–Trinajstić information content (AvgIpc) is 3.04. The van der Waals surface area contributed by atoms with E-state index < -0.39 is 0 Å². The minimum Gasteiger partial charge on any atom is -0.315 e. The molecule has 6 heteroatoms. The summed E-state index contributed by atoms with van der Waals surface area (Å²) in [4.78, 5) is 7.14. The van der Waals surface area contributed by atoms with E-state index in [-0.39, 0.29) is 24.8 Å². The Morgan fingerprint density at radius 1 is 1.30 bits per heavy atom. The highest BCUT2D eigenvalue weighted by atomic mass is 35.5. The van der Waals surface area contributed by atoms with Gasteiger partial charge in [0, 0.05) is 35.7 Å². The first-order valence-electron chi connectivity index (χ1n) is 7.76. The fourth-order valence-electron chi connectivity index (χ4n) is 3.17. The lowest BCUT2D eigenvalue weighted by Crippen LogP contribution is -2.37. The summed E-state index contributed by atoms with van der Waals surface area (Å²) in [5.74, 6) is 0. The second-order valence-electron chi connectivity index (χ2n) is 5.72. The van der Waals surface area contributed by atoms with Crippen LogP contribution in [0, 0.1) is 0 Å². The number of benzene rings is 1. The Balaban J connectivity index is 0.00000132. The zero-order valence-corrected chi connectivity index (χ0v) is 15.7. The van der Waals surface area contributed by atoms with Gasteiger partial charge in [0.05, 0.1) is 5.52 Å². The van der Waals surface area contributed by atoms with Gasteiger partial charge in [-0.05, 0) is 49.7 Å². The van der Waals surface area contributed by atoms with Crippen LogP contribution in [0.1, 0.15) is 25.3 Å². The molecule has 3 nitrogen and oxygen atoms in total. The van der Waals surface area contributed by atoms with E-state index in [1.807, 2.05) is 18.3 Å². The Kier molecular flexibility index (Phi) is 8.59. The number of nitrogens with zero attached hydrogens (tertiary/aromatic N) is 2. The molecule has 0 saturated carbocycles. The van der Waals surface area contributed by atoms with Gasteiger partial charge in [0.1, 0.15) is 0 Å². The molecule has 1 aliphatic rings. The van der Waals surface area contributed by atoms with E-state index in [9.17, 15) is 0 Å². The second kappa shape index (κ2) is 9.65. The number of fused-ring (bicyclic) bond motifs is 1. The van der Waals surface area contributed by atoms with Crippen molar-refractivity contribution in [2.75, 3.05) is 19.6 Å². The van der Waals surface area contributed by atoms with Crippen LogP contribution in [0.25, 0.3) is 10.9 Å². The van der Waals surface area contributed by atoms with Crippen molar-refractivity contribution in [1.82, 2.24) is 15.2 Å². The van der Waals surface area contributed by atoms with E-state index in [0.717, 1.165) is 42.1 Å². The largest absolute Gasteiger partial charge is 0.315 e. The Morgan fingerprint density at radius 2 is 2.13 bits per heavy atom. The van der Waals surface area contributed by atoms with Crippen molar-refractivity contribution in [3.63, 3.8) is 0 Å². The molecule has 1 fully saturated rings. The van der Waals surface area contributed by atoms with Crippen LogP contribution in [0.15, 0.2) is 30.5 Å². The number of nitrogens with one attached hydrogen (secondary N) is 1. The van der Waals surface area contributed by atoms with Gasteiger partial charge in [0.25, 0.3) is 0 Å². The van der Waals surface area contributed by atoms with Crippen LogP contribution in [0.5, 0.6) is 0 Å². The molecule has 0 amide bonds. The van der Waals surface area contributed by atoms with Crippen molar-refractivity contribution < 1.29 is 0 Å². The minimum atomic E-state index is 0. The summed E-state index contributed by atoms with van der Waals surface area (Å²) >= 11 is 6.29. The van der Waals surface area contributed by atoms with E-state index in [1.165, 1.54) is 18.4 Å². The molecule has 0 spiro atoms. The van der Waals surface area contributed by atoms with Gasteiger partial charge in [-0.2, -0.15) is 0 Å². The standard InChI is InChI=1S/C17H22ClN3.2ClH/c1-2-10-21(14-7-9-19-11-14)12-13-5-6-16(18)15-4-3-8-20-17(13)15;;/h3-6,8,14,19H,2,7,9-12H2,1H3;2*1H. The lowest BCUT2D eigenvalue weighted by Gasteiger charge is -2.28.